The number of hydrogen-bond acceptors (Lipinski definition) is 2. The highest BCUT2D eigenvalue weighted by Crippen LogP contribution is 2.15. The molecule has 2 N–H and O–H groups in total. The molecule has 1 rings (SSSR count). The Morgan fingerprint density at radius 2 is 2.08 bits per heavy atom. The zero-order valence-electron chi connectivity index (χ0n) is 8.75. The number of nitrogen functional groups attached to an aromatic ring is 1. The molecule has 0 spiro atoms. The summed E-state index contributed by atoms with van der Waals surface area (Å²) in [6, 6.07) is 0. The molecule has 0 atom stereocenters. The van der Waals surface area contributed by atoms with Crippen LogP contribution in [0.25, 0.3) is 0 Å². The second kappa shape index (κ2) is 4.30. The summed E-state index contributed by atoms with van der Waals surface area (Å²) < 4.78 is 1.91. The van der Waals surface area contributed by atoms with Gasteiger partial charge in [0, 0.05) is 12.1 Å². The van der Waals surface area contributed by atoms with Crippen molar-refractivity contribution >= 4 is 5.82 Å². The van der Waals surface area contributed by atoms with Gasteiger partial charge in [-0.15, -0.1) is 0 Å². The standard InChI is InChI=1S/C10H19N3/c1-4-9(5-2)7-13-10(11)8(3)6-12-13/h6,9H,4-5,7,11H2,1-3H3. The summed E-state index contributed by atoms with van der Waals surface area (Å²) in [7, 11) is 0. The van der Waals surface area contributed by atoms with Crippen molar-refractivity contribution in [2.75, 3.05) is 5.73 Å². The highest BCUT2D eigenvalue weighted by molar-refractivity contribution is 5.36. The molecule has 74 valence electrons. The molecule has 0 amide bonds. The molecule has 0 aliphatic carbocycles. The highest BCUT2D eigenvalue weighted by atomic mass is 15.3. The molecule has 3 nitrogen and oxygen atoms in total. The summed E-state index contributed by atoms with van der Waals surface area (Å²) in [5.74, 6) is 1.51. The Labute approximate surface area is 79.9 Å². The van der Waals surface area contributed by atoms with Crippen molar-refractivity contribution in [2.45, 2.75) is 40.2 Å². The van der Waals surface area contributed by atoms with Crippen LogP contribution in [0.5, 0.6) is 0 Å². The number of anilines is 1. The van der Waals surface area contributed by atoms with Crippen molar-refractivity contribution in [1.29, 1.82) is 0 Å². The van der Waals surface area contributed by atoms with E-state index in [1.807, 2.05) is 17.8 Å². The van der Waals surface area contributed by atoms with Gasteiger partial charge in [-0.3, -0.25) is 0 Å². The topological polar surface area (TPSA) is 43.8 Å². The molecular formula is C10H19N3. The van der Waals surface area contributed by atoms with E-state index in [4.69, 9.17) is 5.73 Å². The Bertz CT molecular complexity index is 261. The minimum absolute atomic E-state index is 0.696. The summed E-state index contributed by atoms with van der Waals surface area (Å²) in [4.78, 5) is 0. The van der Waals surface area contributed by atoms with Gasteiger partial charge in [0.05, 0.1) is 6.20 Å². The lowest BCUT2D eigenvalue weighted by Gasteiger charge is -2.13. The van der Waals surface area contributed by atoms with Crippen LogP contribution < -0.4 is 5.73 Å². The Balaban J connectivity index is 2.67. The molecule has 1 aromatic rings. The van der Waals surface area contributed by atoms with Crippen LogP contribution in [0.1, 0.15) is 32.3 Å². The van der Waals surface area contributed by atoms with Crippen molar-refractivity contribution in [2.24, 2.45) is 5.92 Å². The summed E-state index contributed by atoms with van der Waals surface area (Å²) in [5.41, 5.74) is 6.94. The maximum Gasteiger partial charge on any atom is 0.124 e. The van der Waals surface area contributed by atoms with Gasteiger partial charge in [-0.05, 0) is 12.8 Å². The molecule has 0 bridgehead atoms. The van der Waals surface area contributed by atoms with Crippen LogP contribution in [0.3, 0.4) is 0 Å². The van der Waals surface area contributed by atoms with E-state index in [9.17, 15) is 0 Å². The van der Waals surface area contributed by atoms with E-state index in [0.29, 0.717) is 5.92 Å². The third kappa shape index (κ3) is 2.23. The lowest BCUT2D eigenvalue weighted by Crippen LogP contribution is -2.12. The van der Waals surface area contributed by atoms with Crippen molar-refractivity contribution in [3.8, 4) is 0 Å². The quantitative estimate of drug-likeness (QED) is 0.774. The maximum atomic E-state index is 5.86. The van der Waals surface area contributed by atoms with E-state index in [-0.39, 0.29) is 0 Å². The van der Waals surface area contributed by atoms with E-state index in [2.05, 4.69) is 18.9 Å². The van der Waals surface area contributed by atoms with Gasteiger partial charge >= 0.3 is 0 Å². The Kier molecular flexibility index (Phi) is 3.34. The first-order valence-corrected chi connectivity index (χ1v) is 4.96. The summed E-state index contributed by atoms with van der Waals surface area (Å²) >= 11 is 0. The molecule has 0 aliphatic heterocycles. The normalized spacial score (nSPS) is 11.1. The minimum atomic E-state index is 0.696. The van der Waals surface area contributed by atoms with Gasteiger partial charge in [0.15, 0.2) is 0 Å². The SMILES string of the molecule is CCC(CC)Cn1ncc(C)c1N. The second-order valence-electron chi connectivity index (χ2n) is 3.58. The Hall–Kier alpha value is -0.990. The van der Waals surface area contributed by atoms with Crippen molar-refractivity contribution < 1.29 is 0 Å². The number of rotatable bonds is 4. The van der Waals surface area contributed by atoms with Gasteiger partial charge in [0.1, 0.15) is 5.82 Å². The lowest BCUT2D eigenvalue weighted by molar-refractivity contribution is 0.399. The van der Waals surface area contributed by atoms with Crippen molar-refractivity contribution in [3.05, 3.63) is 11.8 Å². The third-order valence-electron chi connectivity index (χ3n) is 2.66. The molecular weight excluding hydrogens is 162 g/mol. The predicted molar refractivity (Wildman–Crippen MR) is 55.4 cm³/mol. The summed E-state index contributed by atoms with van der Waals surface area (Å²) in [5, 5.41) is 4.24. The average Bonchev–Trinajstić information content (AvgIpc) is 2.45. The number of hydrogen-bond donors (Lipinski definition) is 1. The lowest BCUT2D eigenvalue weighted by atomic mass is 10.0. The Morgan fingerprint density at radius 3 is 2.46 bits per heavy atom. The molecule has 0 saturated heterocycles. The summed E-state index contributed by atoms with van der Waals surface area (Å²) in [6.07, 6.45) is 4.21. The average molecular weight is 181 g/mol. The minimum Gasteiger partial charge on any atom is -0.384 e. The predicted octanol–water partition coefficient (Wildman–Crippen LogP) is 2.21. The zero-order valence-corrected chi connectivity index (χ0v) is 8.75. The van der Waals surface area contributed by atoms with Crippen LogP contribution >= 0.6 is 0 Å². The monoisotopic (exact) mass is 181 g/mol. The molecule has 13 heavy (non-hydrogen) atoms. The van der Waals surface area contributed by atoms with Gasteiger partial charge in [0.25, 0.3) is 0 Å². The van der Waals surface area contributed by atoms with Crippen LogP contribution in [-0.4, -0.2) is 9.78 Å². The molecule has 1 heterocycles. The summed E-state index contributed by atoms with van der Waals surface area (Å²) in [6.45, 7) is 7.36. The van der Waals surface area contributed by atoms with Gasteiger partial charge in [-0.25, -0.2) is 4.68 Å². The molecule has 0 saturated carbocycles. The van der Waals surface area contributed by atoms with Gasteiger partial charge in [0.2, 0.25) is 0 Å². The van der Waals surface area contributed by atoms with E-state index in [0.717, 1.165) is 17.9 Å². The molecule has 0 fully saturated rings. The van der Waals surface area contributed by atoms with Crippen LogP contribution in [0.4, 0.5) is 5.82 Å². The third-order valence-corrected chi connectivity index (χ3v) is 2.66. The van der Waals surface area contributed by atoms with Crippen molar-refractivity contribution in [3.63, 3.8) is 0 Å². The number of aromatic nitrogens is 2. The molecule has 1 aromatic heterocycles. The number of nitrogens with two attached hydrogens (primary N) is 1. The van der Waals surface area contributed by atoms with E-state index < -0.39 is 0 Å². The van der Waals surface area contributed by atoms with Crippen LogP contribution in [-0.2, 0) is 6.54 Å². The van der Waals surface area contributed by atoms with E-state index in [1.54, 1.807) is 0 Å². The largest absolute Gasteiger partial charge is 0.384 e. The van der Waals surface area contributed by atoms with Gasteiger partial charge in [-0.1, -0.05) is 26.7 Å². The smallest absolute Gasteiger partial charge is 0.124 e. The first-order valence-electron chi connectivity index (χ1n) is 4.96. The van der Waals surface area contributed by atoms with Crippen molar-refractivity contribution in [1.82, 2.24) is 9.78 Å². The highest BCUT2D eigenvalue weighted by Gasteiger charge is 2.08. The fourth-order valence-corrected chi connectivity index (χ4v) is 1.43. The molecule has 3 heteroatoms. The van der Waals surface area contributed by atoms with E-state index in [1.165, 1.54) is 12.8 Å². The van der Waals surface area contributed by atoms with Crippen LogP contribution in [0, 0.1) is 12.8 Å². The number of aryl methyl sites for hydroxylation is 1. The number of nitrogens with zero attached hydrogens (tertiary/aromatic N) is 2. The van der Waals surface area contributed by atoms with E-state index >= 15 is 0 Å². The molecule has 0 radical (unpaired) electrons. The zero-order chi connectivity index (χ0) is 9.84. The second-order valence-corrected chi connectivity index (χ2v) is 3.58. The molecule has 0 unspecified atom stereocenters. The fourth-order valence-electron chi connectivity index (χ4n) is 1.43. The van der Waals surface area contributed by atoms with Gasteiger partial charge in [-0.2, -0.15) is 5.10 Å². The Morgan fingerprint density at radius 1 is 1.46 bits per heavy atom. The first kappa shape index (κ1) is 10.1. The molecule has 0 aromatic carbocycles. The first-order chi connectivity index (χ1) is 6.19. The fraction of sp³-hybridized carbons (Fsp3) is 0.700. The molecule has 0 aliphatic rings. The van der Waals surface area contributed by atoms with Crippen LogP contribution in [0.2, 0.25) is 0 Å². The maximum absolute atomic E-state index is 5.86. The van der Waals surface area contributed by atoms with Gasteiger partial charge < -0.3 is 5.73 Å². The van der Waals surface area contributed by atoms with Crippen LogP contribution in [0.15, 0.2) is 6.20 Å².